The number of nitrogens with zero attached hydrogens (tertiary/aromatic N) is 1. The first-order valence-electron chi connectivity index (χ1n) is 5.06. The fraction of sp³-hybridized carbons (Fsp3) is 0. The van der Waals surface area contributed by atoms with Crippen LogP contribution < -0.4 is 5.32 Å². The monoisotopic (exact) mass is 378 g/mol. The molecular formula is C12H6BrCl3N2O. The summed E-state index contributed by atoms with van der Waals surface area (Å²) in [6.07, 6.45) is 0. The minimum absolute atomic E-state index is 0.0492. The van der Waals surface area contributed by atoms with Crippen LogP contribution in [0.3, 0.4) is 0 Å². The van der Waals surface area contributed by atoms with Gasteiger partial charge in [-0.25, -0.2) is 4.98 Å². The fourth-order valence-corrected chi connectivity index (χ4v) is 2.41. The number of carbonyl (C=O) groups excluding carboxylic acids is 1. The van der Waals surface area contributed by atoms with Crippen molar-refractivity contribution in [2.24, 2.45) is 0 Å². The minimum Gasteiger partial charge on any atom is -0.319 e. The van der Waals surface area contributed by atoms with Crippen molar-refractivity contribution in [2.45, 2.75) is 0 Å². The SMILES string of the molecule is O=C(Nc1ccc(Br)cc1Cl)c1nc(Cl)ccc1Cl. The molecule has 0 aliphatic heterocycles. The molecule has 0 spiro atoms. The largest absolute Gasteiger partial charge is 0.319 e. The van der Waals surface area contributed by atoms with Crippen molar-refractivity contribution in [3.8, 4) is 0 Å². The lowest BCUT2D eigenvalue weighted by molar-refractivity contribution is 0.102. The summed E-state index contributed by atoms with van der Waals surface area (Å²) in [6.45, 7) is 0. The molecule has 1 N–H and O–H groups in total. The molecule has 0 radical (unpaired) electrons. The lowest BCUT2D eigenvalue weighted by Crippen LogP contribution is -2.14. The predicted molar refractivity (Wildman–Crippen MR) is 81.4 cm³/mol. The van der Waals surface area contributed by atoms with Crippen molar-refractivity contribution in [2.75, 3.05) is 5.32 Å². The second kappa shape index (κ2) is 6.09. The van der Waals surface area contributed by atoms with E-state index in [2.05, 4.69) is 26.2 Å². The first-order valence-corrected chi connectivity index (χ1v) is 6.98. The highest BCUT2D eigenvalue weighted by Gasteiger charge is 2.14. The fourth-order valence-electron chi connectivity index (χ4n) is 1.35. The van der Waals surface area contributed by atoms with Gasteiger partial charge in [-0.3, -0.25) is 4.79 Å². The summed E-state index contributed by atoms with van der Waals surface area (Å²) >= 11 is 20.9. The molecule has 0 aliphatic rings. The van der Waals surface area contributed by atoms with Crippen LogP contribution in [0.25, 0.3) is 0 Å². The number of halogens is 4. The number of aromatic nitrogens is 1. The van der Waals surface area contributed by atoms with Gasteiger partial charge in [0.1, 0.15) is 10.8 Å². The molecule has 0 bridgehead atoms. The molecule has 1 aromatic heterocycles. The lowest BCUT2D eigenvalue weighted by atomic mass is 10.3. The topological polar surface area (TPSA) is 42.0 Å². The number of nitrogens with one attached hydrogen (secondary N) is 1. The number of rotatable bonds is 2. The summed E-state index contributed by atoms with van der Waals surface area (Å²) in [5.41, 5.74) is 0.515. The lowest BCUT2D eigenvalue weighted by Gasteiger charge is -2.08. The average Bonchev–Trinajstić information content (AvgIpc) is 2.35. The number of anilines is 1. The number of hydrogen-bond acceptors (Lipinski definition) is 2. The van der Waals surface area contributed by atoms with Crippen LogP contribution in [0.4, 0.5) is 5.69 Å². The second-order valence-electron chi connectivity index (χ2n) is 3.54. The first-order chi connectivity index (χ1) is 8.97. The predicted octanol–water partition coefficient (Wildman–Crippen LogP) is 5.06. The quantitative estimate of drug-likeness (QED) is 0.740. The summed E-state index contributed by atoms with van der Waals surface area (Å²) in [4.78, 5) is 15.9. The van der Waals surface area contributed by atoms with Crippen LogP contribution in [0.5, 0.6) is 0 Å². The molecule has 98 valence electrons. The van der Waals surface area contributed by atoms with Crippen LogP contribution in [0.1, 0.15) is 10.5 Å². The molecular weight excluding hydrogens is 374 g/mol. The van der Waals surface area contributed by atoms with Crippen molar-refractivity contribution in [3.05, 3.63) is 55.7 Å². The van der Waals surface area contributed by atoms with E-state index in [0.717, 1.165) is 4.47 Å². The Balaban J connectivity index is 2.28. The summed E-state index contributed by atoms with van der Waals surface area (Å²) in [6, 6.07) is 8.11. The molecule has 1 aromatic carbocycles. The molecule has 2 aromatic rings. The van der Waals surface area contributed by atoms with E-state index >= 15 is 0 Å². The van der Waals surface area contributed by atoms with Gasteiger partial charge in [0.05, 0.1) is 15.7 Å². The molecule has 0 fully saturated rings. The van der Waals surface area contributed by atoms with Crippen molar-refractivity contribution < 1.29 is 4.79 Å². The van der Waals surface area contributed by atoms with Crippen LogP contribution in [0, 0.1) is 0 Å². The Bertz CT molecular complexity index is 649. The third-order valence-corrected chi connectivity index (χ3v) is 3.53. The van der Waals surface area contributed by atoms with Crippen LogP contribution in [0.15, 0.2) is 34.8 Å². The van der Waals surface area contributed by atoms with Gasteiger partial charge in [-0.2, -0.15) is 0 Å². The molecule has 2 rings (SSSR count). The van der Waals surface area contributed by atoms with Crippen molar-refractivity contribution in [1.29, 1.82) is 0 Å². The molecule has 7 heteroatoms. The van der Waals surface area contributed by atoms with Crippen molar-refractivity contribution >= 4 is 62.3 Å². The van der Waals surface area contributed by atoms with E-state index in [0.29, 0.717) is 10.7 Å². The highest BCUT2D eigenvalue weighted by molar-refractivity contribution is 9.10. The molecule has 0 unspecified atom stereocenters. The molecule has 19 heavy (non-hydrogen) atoms. The Morgan fingerprint density at radius 1 is 1.11 bits per heavy atom. The minimum atomic E-state index is -0.475. The Morgan fingerprint density at radius 3 is 2.53 bits per heavy atom. The van der Waals surface area contributed by atoms with Crippen molar-refractivity contribution in [1.82, 2.24) is 4.98 Å². The smallest absolute Gasteiger partial charge is 0.275 e. The van der Waals surface area contributed by atoms with Gasteiger partial charge in [0.15, 0.2) is 0 Å². The number of benzene rings is 1. The molecule has 0 atom stereocenters. The zero-order valence-corrected chi connectivity index (χ0v) is 13.1. The third-order valence-electron chi connectivity index (χ3n) is 2.21. The van der Waals surface area contributed by atoms with E-state index in [1.165, 1.54) is 12.1 Å². The Hall–Kier alpha value is -0.810. The van der Waals surface area contributed by atoms with Gasteiger partial charge >= 0.3 is 0 Å². The molecule has 0 aliphatic carbocycles. The zero-order chi connectivity index (χ0) is 14.0. The van der Waals surface area contributed by atoms with Gasteiger partial charge in [0.25, 0.3) is 5.91 Å². The van der Waals surface area contributed by atoms with E-state index in [9.17, 15) is 4.79 Å². The summed E-state index contributed by atoms with van der Waals surface area (Å²) in [7, 11) is 0. The van der Waals surface area contributed by atoms with Crippen LogP contribution >= 0.6 is 50.7 Å². The molecule has 1 heterocycles. The van der Waals surface area contributed by atoms with Crippen LogP contribution in [-0.4, -0.2) is 10.9 Å². The van der Waals surface area contributed by atoms with Crippen LogP contribution in [-0.2, 0) is 0 Å². The van der Waals surface area contributed by atoms with Gasteiger partial charge in [-0.05, 0) is 30.3 Å². The van der Waals surface area contributed by atoms with Gasteiger partial charge in [0.2, 0.25) is 0 Å². The zero-order valence-electron chi connectivity index (χ0n) is 9.25. The highest BCUT2D eigenvalue weighted by Crippen LogP contribution is 2.26. The molecule has 0 saturated carbocycles. The van der Waals surface area contributed by atoms with Crippen molar-refractivity contribution in [3.63, 3.8) is 0 Å². The molecule has 1 amide bonds. The van der Waals surface area contributed by atoms with E-state index in [-0.39, 0.29) is 15.9 Å². The van der Waals surface area contributed by atoms with Gasteiger partial charge in [-0.1, -0.05) is 50.7 Å². The Kier molecular flexibility index (Phi) is 4.68. The maximum atomic E-state index is 12.0. The number of pyridine rings is 1. The average molecular weight is 380 g/mol. The van der Waals surface area contributed by atoms with Gasteiger partial charge in [0, 0.05) is 4.47 Å². The van der Waals surface area contributed by atoms with E-state index in [1.54, 1.807) is 18.2 Å². The number of hydrogen-bond donors (Lipinski definition) is 1. The van der Waals surface area contributed by atoms with E-state index in [1.807, 2.05) is 0 Å². The van der Waals surface area contributed by atoms with Gasteiger partial charge in [-0.15, -0.1) is 0 Å². The molecule has 0 saturated heterocycles. The number of amides is 1. The highest BCUT2D eigenvalue weighted by atomic mass is 79.9. The Morgan fingerprint density at radius 2 is 1.84 bits per heavy atom. The molecule has 3 nitrogen and oxygen atoms in total. The maximum absolute atomic E-state index is 12.0. The summed E-state index contributed by atoms with van der Waals surface area (Å²) in [5, 5.41) is 3.44. The normalized spacial score (nSPS) is 10.3. The standard InChI is InChI=1S/C12H6BrCl3N2O/c13-6-1-3-9(8(15)5-6)17-12(19)11-7(14)2-4-10(16)18-11/h1-5H,(H,17,19). The van der Waals surface area contributed by atoms with Gasteiger partial charge < -0.3 is 5.32 Å². The maximum Gasteiger partial charge on any atom is 0.275 e. The van der Waals surface area contributed by atoms with E-state index in [4.69, 9.17) is 34.8 Å². The van der Waals surface area contributed by atoms with Crippen LogP contribution in [0.2, 0.25) is 15.2 Å². The third kappa shape index (κ3) is 3.60. The number of carbonyl (C=O) groups is 1. The second-order valence-corrected chi connectivity index (χ2v) is 5.66. The van der Waals surface area contributed by atoms with E-state index < -0.39 is 5.91 Å². The summed E-state index contributed by atoms with van der Waals surface area (Å²) in [5.74, 6) is -0.475. The Labute approximate surface area is 133 Å². The first kappa shape index (κ1) is 14.6. The summed E-state index contributed by atoms with van der Waals surface area (Å²) < 4.78 is 0.814.